The lowest BCUT2D eigenvalue weighted by Crippen LogP contribution is -2.40. The summed E-state index contributed by atoms with van der Waals surface area (Å²) in [6, 6.07) is 11.8. The van der Waals surface area contributed by atoms with E-state index in [0.717, 1.165) is 0 Å². The van der Waals surface area contributed by atoms with Crippen LogP contribution in [0.25, 0.3) is 0 Å². The number of aromatic carboxylic acids is 1. The third-order valence-corrected chi connectivity index (χ3v) is 6.86. The zero-order chi connectivity index (χ0) is 19.6. The second-order valence-corrected chi connectivity index (χ2v) is 8.75. The van der Waals surface area contributed by atoms with Crippen molar-refractivity contribution in [1.29, 1.82) is 0 Å². The molecule has 0 atom stereocenters. The third-order valence-electron chi connectivity index (χ3n) is 4.69. The van der Waals surface area contributed by atoms with Gasteiger partial charge in [-0.25, -0.2) is 13.2 Å². The summed E-state index contributed by atoms with van der Waals surface area (Å²) in [5.41, 5.74) is 0.603. The summed E-state index contributed by atoms with van der Waals surface area (Å²) in [7, 11) is -3.71. The van der Waals surface area contributed by atoms with Gasteiger partial charge in [0.15, 0.2) is 5.78 Å². The molecule has 1 saturated heterocycles. The standard InChI is InChI=1S/C19H18ClNO5S/c20-16-5-1-13(2-6-16)18(22)14-9-11-21(12-10-14)27(25,26)17-7-3-15(4-8-17)19(23)24/h1-8,14H,9-12H2,(H,23,24). The Labute approximate surface area is 162 Å². The number of Topliss-reactive ketones (excluding diaryl/α,β-unsaturated/α-hetero) is 1. The molecule has 142 valence electrons. The van der Waals surface area contributed by atoms with Crippen LogP contribution in [0, 0.1) is 5.92 Å². The fourth-order valence-corrected chi connectivity index (χ4v) is 4.72. The second kappa shape index (κ2) is 7.80. The number of halogens is 1. The number of rotatable bonds is 5. The lowest BCUT2D eigenvalue weighted by atomic mass is 9.90. The first-order valence-corrected chi connectivity index (χ1v) is 10.2. The van der Waals surface area contributed by atoms with E-state index in [-0.39, 0.29) is 35.2 Å². The first-order valence-electron chi connectivity index (χ1n) is 8.42. The van der Waals surface area contributed by atoms with Crippen LogP contribution in [0.1, 0.15) is 33.6 Å². The molecule has 1 fully saturated rings. The van der Waals surface area contributed by atoms with Gasteiger partial charge in [-0.05, 0) is 61.4 Å². The molecule has 0 spiro atoms. The minimum atomic E-state index is -3.71. The first kappa shape index (κ1) is 19.5. The van der Waals surface area contributed by atoms with Crippen molar-refractivity contribution in [1.82, 2.24) is 4.31 Å². The number of hydrogen-bond acceptors (Lipinski definition) is 4. The Hall–Kier alpha value is -2.22. The second-order valence-electron chi connectivity index (χ2n) is 6.38. The Morgan fingerprint density at radius 3 is 1.96 bits per heavy atom. The summed E-state index contributed by atoms with van der Waals surface area (Å²) in [6.07, 6.45) is 0.877. The van der Waals surface area contributed by atoms with Crippen LogP contribution >= 0.6 is 11.6 Å². The van der Waals surface area contributed by atoms with Crippen LogP contribution in [0.4, 0.5) is 0 Å². The number of sulfonamides is 1. The van der Waals surface area contributed by atoms with E-state index in [1.54, 1.807) is 24.3 Å². The number of carbonyl (C=O) groups excluding carboxylic acids is 1. The molecule has 27 heavy (non-hydrogen) atoms. The van der Waals surface area contributed by atoms with Gasteiger partial charge in [0.2, 0.25) is 10.0 Å². The molecule has 0 unspecified atom stereocenters. The molecule has 3 rings (SSSR count). The van der Waals surface area contributed by atoms with E-state index >= 15 is 0 Å². The van der Waals surface area contributed by atoms with Crippen molar-refractivity contribution in [3.63, 3.8) is 0 Å². The van der Waals surface area contributed by atoms with Crippen molar-refractivity contribution in [3.8, 4) is 0 Å². The van der Waals surface area contributed by atoms with Crippen molar-refractivity contribution in [2.24, 2.45) is 5.92 Å². The van der Waals surface area contributed by atoms with Gasteiger partial charge in [-0.2, -0.15) is 4.31 Å². The minimum absolute atomic E-state index is 0.00507. The predicted octanol–water partition coefficient (Wildman–Crippen LogP) is 3.32. The van der Waals surface area contributed by atoms with Crippen molar-refractivity contribution in [2.75, 3.05) is 13.1 Å². The van der Waals surface area contributed by atoms with E-state index in [9.17, 15) is 18.0 Å². The van der Waals surface area contributed by atoms with E-state index in [0.29, 0.717) is 23.4 Å². The Kier molecular flexibility index (Phi) is 5.64. The Balaban J connectivity index is 1.68. The molecule has 0 bridgehead atoms. The van der Waals surface area contributed by atoms with Crippen LogP contribution in [-0.2, 0) is 10.0 Å². The number of hydrogen-bond donors (Lipinski definition) is 1. The van der Waals surface area contributed by atoms with Crippen LogP contribution in [0.3, 0.4) is 0 Å². The van der Waals surface area contributed by atoms with Crippen LogP contribution in [0.5, 0.6) is 0 Å². The van der Waals surface area contributed by atoms with Crippen LogP contribution in [0.2, 0.25) is 5.02 Å². The molecule has 0 aromatic heterocycles. The number of carbonyl (C=O) groups is 2. The Bertz CT molecular complexity index is 947. The molecule has 0 radical (unpaired) electrons. The smallest absolute Gasteiger partial charge is 0.335 e. The van der Waals surface area contributed by atoms with Crippen molar-refractivity contribution < 1.29 is 23.1 Å². The van der Waals surface area contributed by atoms with Gasteiger partial charge in [0.05, 0.1) is 10.5 Å². The zero-order valence-electron chi connectivity index (χ0n) is 14.3. The van der Waals surface area contributed by atoms with Crippen molar-refractivity contribution in [2.45, 2.75) is 17.7 Å². The quantitative estimate of drug-likeness (QED) is 0.767. The molecule has 0 aliphatic carbocycles. The van der Waals surface area contributed by atoms with Gasteiger partial charge in [0, 0.05) is 29.6 Å². The molecule has 8 heteroatoms. The highest BCUT2D eigenvalue weighted by molar-refractivity contribution is 7.89. The lowest BCUT2D eigenvalue weighted by molar-refractivity contribution is 0.0696. The largest absolute Gasteiger partial charge is 0.478 e. The van der Waals surface area contributed by atoms with Gasteiger partial charge in [0.1, 0.15) is 0 Å². The number of ketones is 1. The molecule has 0 saturated carbocycles. The average Bonchev–Trinajstić information content (AvgIpc) is 2.68. The number of piperidine rings is 1. The summed E-state index contributed by atoms with van der Waals surface area (Å²) in [6.45, 7) is 0.486. The summed E-state index contributed by atoms with van der Waals surface area (Å²) < 4.78 is 26.8. The Morgan fingerprint density at radius 1 is 0.926 bits per heavy atom. The molecular formula is C19H18ClNO5S. The van der Waals surface area contributed by atoms with Gasteiger partial charge in [-0.3, -0.25) is 4.79 Å². The number of nitrogens with zero attached hydrogens (tertiary/aromatic N) is 1. The molecule has 2 aromatic carbocycles. The highest BCUT2D eigenvalue weighted by Crippen LogP contribution is 2.26. The molecule has 0 amide bonds. The molecule has 6 nitrogen and oxygen atoms in total. The fraction of sp³-hybridized carbons (Fsp3) is 0.263. The molecule has 2 aromatic rings. The van der Waals surface area contributed by atoms with Crippen LogP contribution in [0.15, 0.2) is 53.4 Å². The maximum atomic E-state index is 12.7. The summed E-state index contributed by atoms with van der Waals surface area (Å²) >= 11 is 5.84. The van der Waals surface area contributed by atoms with E-state index in [1.165, 1.54) is 28.6 Å². The number of benzene rings is 2. The van der Waals surface area contributed by atoms with E-state index in [4.69, 9.17) is 16.7 Å². The molecular weight excluding hydrogens is 390 g/mol. The topological polar surface area (TPSA) is 91.8 Å². The summed E-state index contributed by atoms with van der Waals surface area (Å²) in [4.78, 5) is 23.5. The normalized spacial score (nSPS) is 16.2. The van der Waals surface area contributed by atoms with Gasteiger partial charge in [-0.15, -0.1) is 0 Å². The van der Waals surface area contributed by atoms with Gasteiger partial charge in [-0.1, -0.05) is 11.6 Å². The van der Waals surface area contributed by atoms with Crippen LogP contribution < -0.4 is 0 Å². The van der Waals surface area contributed by atoms with Crippen molar-refractivity contribution >= 4 is 33.4 Å². The van der Waals surface area contributed by atoms with Crippen LogP contribution in [-0.4, -0.2) is 42.7 Å². The average molecular weight is 408 g/mol. The van der Waals surface area contributed by atoms with E-state index in [2.05, 4.69) is 0 Å². The molecule has 1 heterocycles. The fourth-order valence-electron chi connectivity index (χ4n) is 3.13. The minimum Gasteiger partial charge on any atom is -0.478 e. The summed E-state index contributed by atoms with van der Waals surface area (Å²) in [5.74, 6) is -1.35. The van der Waals surface area contributed by atoms with Gasteiger partial charge < -0.3 is 5.11 Å². The van der Waals surface area contributed by atoms with E-state index in [1.807, 2.05) is 0 Å². The molecule has 1 aliphatic heterocycles. The number of carboxylic acid groups (broad SMARTS) is 1. The van der Waals surface area contributed by atoms with Gasteiger partial charge >= 0.3 is 5.97 Å². The number of carboxylic acids is 1. The predicted molar refractivity (Wildman–Crippen MR) is 101 cm³/mol. The highest BCUT2D eigenvalue weighted by Gasteiger charge is 2.32. The molecule has 1 N–H and O–H groups in total. The third kappa shape index (κ3) is 4.21. The monoisotopic (exact) mass is 407 g/mol. The Morgan fingerprint density at radius 2 is 1.44 bits per heavy atom. The molecule has 1 aliphatic rings. The SMILES string of the molecule is O=C(O)c1ccc(S(=O)(=O)N2CCC(C(=O)c3ccc(Cl)cc3)CC2)cc1. The zero-order valence-corrected chi connectivity index (χ0v) is 15.9. The van der Waals surface area contributed by atoms with Gasteiger partial charge in [0.25, 0.3) is 0 Å². The van der Waals surface area contributed by atoms with E-state index < -0.39 is 16.0 Å². The maximum absolute atomic E-state index is 12.7. The first-order chi connectivity index (χ1) is 12.8. The maximum Gasteiger partial charge on any atom is 0.335 e. The van der Waals surface area contributed by atoms with Crippen molar-refractivity contribution in [3.05, 3.63) is 64.7 Å². The lowest BCUT2D eigenvalue weighted by Gasteiger charge is -2.30. The highest BCUT2D eigenvalue weighted by atomic mass is 35.5. The summed E-state index contributed by atoms with van der Waals surface area (Å²) in [5, 5.41) is 9.48.